The average Bonchev–Trinajstić information content (AvgIpc) is 2.76. The summed E-state index contributed by atoms with van der Waals surface area (Å²) in [5, 5.41) is 0. The Morgan fingerprint density at radius 3 is 2.12 bits per heavy atom. The van der Waals surface area contributed by atoms with Crippen molar-refractivity contribution >= 4 is 5.57 Å². The first kappa shape index (κ1) is 24.3. The molecule has 1 heterocycles. The van der Waals surface area contributed by atoms with Gasteiger partial charge >= 0.3 is 12.4 Å². The highest BCUT2D eigenvalue weighted by Crippen LogP contribution is 2.36. The molecule has 3 rings (SSSR count). The van der Waals surface area contributed by atoms with Gasteiger partial charge in [-0.2, -0.15) is 26.3 Å². The van der Waals surface area contributed by atoms with Gasteiger partial charge in [0.25, 0.3) is 0 Å². The third-order valence-corrected chi connectivity index (χ3v) is 4.91. The van der Waals surface area contributed by atoms with Crippen LogP contribution in [-0.2, 0) is 33.2 Å². The highest BCUT2D eigenvalue weighted by Gasteiger charge is 2.36. The van der Waals surface area contributed by atoms with E-state index in [1.54, 1.807) is 13.0 Å². The Bertz CT molecular complexity index is 911. The van der Waals surface area contributed by atoms with E-state index in [1.807, 2.05) is 24.3 Å². The molecule has 9 heteroatoms. The maximum Gasteiger partial charge on any atom is 0.416 e. The predicted octanol–water partition coefficient (Wildman–Crippen LogP) is 6.78. The normalized spacial score (nSPS) is 16.4. The highest BCUT2D eigenvalue weighted by atomic mass is 19.4. The topological polar surface area (TPSA) is 27.7 Å². The van der Waals surface area contributed by atoms with E-state index in [-0.39, 0.29) is 18.2 Å². The first-order chi connectivity index (χ1) is 15.1. The molecule has 32 heavy (non-hydrogen) atoms. The number of ether oxygens (including phenoxy) is 3. The van der Waals surface area contributed by atoms with Crippen molar-refractivity contribution < 1.29 is 40.6 Å². The fraction of sp³-hybridized carbons (Fsp3) is 0.391. The van der Waals surface area contributed by atoms with E-state index in [4.69, 9.17) is 14.2 Å². The molecule has 3 nitrogen and oxygen atoms in total. The van der Waals surface area contributed by atoms with Gasteiger partial charge in [0.2, 0.25) is 0 Å². The molecular formula is C23H22F6O3. The lowest BCUT2D eigenvalue weighted by molar-refractivity contribution is -0.183. The lowest BCUT2D eigenvalue weighted by Gasteiger charge is -2.26. The molecule has 0 aromatic heterocycles. The van der Waals surface area contributed by atoms with E-state index in [2.05, 4.69) is 0 Å². The molecule has 0 radical (unpaired) electrons. The van der Waals surface area contributed by atoms with Gasteiger partial charge < -0.3 is 14.2 Å². The van der Waals surface area contributed by atoms with Crippen LogP contribution in [0.2, 0.25) is 0 Å². The van der Waals surface area contributed by atoms with Crippen LogP contribution in [0.1, 0.15) is 47.5 Å². The van der Waals surface area contributed by atoms with Gasteiger partial charge in [-0.15, -0.1) is 0 Å². The van der Waals surface area contributed by atoms with Crippen LogP contribution in [0, 0.1) is 0 Å². The van der Waals surface area contributed by atoms with Crippen LogP contribution in [0.3, 0.4) is 0 Å². The number of rotatable bonds is 6. The monoisotopic (exact) mass is 460 g/mol. The smallest absolute Gasteiger partial charge is 0.372 e. The zero-order chi connectivity index (χ0) is 23.4. The van der Waals surface area contributed by atoms with Gasteiger partial charge in [-0.1, -0.05) is 30.3 Å². The Balaban J connectivity index is 1.76. The van der Waals surface area contributed by atoms with Crippen molar-refractivity contribution in [3.05, 3.63) is 76.4 Å². The number of hydrogen-bond acceptors (Lipinski definition) is 3. The van der Waals surface area contributed by atoms with Crippen LogP contribution >= 0.6 is 0 Å². The molecule has 0 unspecified atom stereocenters. The van der Waals surface area contributed by atoms with Gasteiger partial charge in [-0.05, 0) is 48.2 Å². The molecule has 174 valence electrons. The van der Waals surface area contributed by atoms with Gasteiger partial charge in [-0.3, -0.25) is 0 Å². The van der Waals surface area contributed by atoms with Crippen LogP contribution < -0.4 is 0 Å². The number of halogens is 6. The second-order valence-electron chi connectivity index (χ2n) is 7.24. The highest BCUT2D eigenvalue weighted by molar-refractivity contribution is 5.69. The van der Waals surface area contributed by atoms with Crippen molar-refractivity contribution in [1.82, 2.24) is 0 Å². The molecule has 1 fully saturated rings. The summed E-state index contributed by atoms with van der Waals surface area (Å²) in [5.74, 6) is 0. The standard InChI is InChI=1S/C23H22F6O3/c1-2-16(19-6-3-4-7-20(19)21-31-8-5-9-32-21)14-30-13-15-10-17(22(24,25)26)12-18(11-15)23(27,28)29/h2-4,6-7,10-12,21H,5,8-9,13-14H2,1H3. The number of allylic oxidation sites excluding steroid dienone is 1. The molecule has 2 aromatic carbocycles. The van der Waals surface area contributed by atoms with Gasteiger partial charge in [-0.25, -0.2) is 0 Å². The quantitative estimate of drug-likeness (QED) is 0.445. The maximum absolute atomic E-state index is 13.0. The second-order valence-corrected chi connectivity index (χ2v) is 7.24. The molecule has 0 spiro atoms. The summed E-state index contributed by atoms with van der Waals surface area (Å²) >= 11 is 0. The van der Waals surface area contributed by atoms with Gasteiger partial charge in [0, 0.05) is 5.56 Å². The molecule has 0 aliphatic carbocycles. The largest absolute Gasteiger partial charge is 0.416 e. The van der Waals surface area contributed by atoms with Crippen LogP contribution in [0.15, 0.2) is 48.5 Å². The third-order valence-electron chi connectivity index (χ3n) is 4.91. The summed E-state index contributed by atoms with van der Waals surface area (Å²) < 4.78 is 95.1. The molecule has 0 saturated carbocycles. The van der Waals surface area contributed by atoms with Crippen LogP contribution in [-0.4, -0.2) is 19.8 Å². The summed E-state index contributed by atoms with van der Waals surface area (Å²) in [6, 6.07) is 8.76. The SMILES string of the molecule is CC=C(COCc1cc(C(F)(F)F)cc(C(F)(F)F)c1)c1ccccc1C1OCCCO1. The zero-order valence-corrected chi connectivity index (χ0v) is 17.2. The van der Waals surface area contributed by atoms with Crippen molar-refractivity contribution in [3.63, 3.8) is 0 Å². The molecule has 0 amide bonds. The number of alkyl halides is 6. The van der Waals surface area contributed by atoms with Crippen molar-refractivity contribution in [1.29, 1.82) is 0 Å². The Labute approximate surface area is 181 Å². The Hall–Kier alpha value is -2.36. The summed E-state index contributed by atoms with van der Waals surface area (Å²) in [6.07, 6.45) is -7.79. The van der Waals surface area contributed by atoms with E-state index in [9.17, 15) is 26.3 Å². The van der Waals surface area contributed by atoms with Crippen molar-refractivity contribution in [2.24, 2.45) is 0 Å². The second kappa shape index (κ2) is 10.1. The van der Waals surface area contributed by atoms with Crippen molar-refractivity contribution in [2.45, 2.75) is 38.6 Å². The van der Waals surface area contributed by atoms with Crippen molar-refractivity contribution in [3.8, 4) is 0 Å². The van der Waals surface area contributed by atoms with Gasteiger partial charge in [0.05, 0.1) is 37.6 Å². The first-order valence-corrected chi connectivity index (χ1v) is 9.93. The molecule has 0 N–H and O–H groups in total. The lowest BCUT2D eigenvalue weighted by atomic mass is 9.99. The Morgan fingerprint density at radius 2 is 1.56 bits per heavy atom. The fourth-order valence-corrected chi connectivity index (χ4v) is 3.36. The van der Waals surface area contributed by atoms with E-state index < -0.39 is 36.4 Å². The van der Waals surface area contributed by atoms with Crippen molar-refractivity contribution in [2.75, 3.05) is 19.8 Å². The Morgan fingerprint density at radius 1 is 0.969 bits per heavy atom. The van der Waals surface area contributed by atoms with Crippen LogP contribution in [0.4, 0.5) is 26.3 Å². The van der Waals surface area contributed by atoms with E-state index in [1.165, 1.54) is 0 Å². The summed E-state index contributed by atoms with van der Waals surface area (Å²) in [4.78, 5) is 0. The van der Waals surface area contributed by atoms with E-state index >= 15 is 0 Å². The molecular weight excluding hydrogens is 438 g/mol. The van der Waals surface area contributed by atoms with Crippen LogP contribution in [0.25, 0.3) is 5.57 Å². The third kappa shape index (κ3) is 6.11. The molecule has 1 aliphatic heterocycles. The summed E-state index contributed by atoms with van der Waals surface area (Å²) in [5.41, 5.74) is -0.677. The zero-order valence-electron chi connectivity index (χ0n) is 17.2. The maximum atomic E-state index is 13.0. The molecule has 1 saturated heterocycles. The fourth-order valence-electron chi connectivity index (χ4n) is 3.36. The summed E-state index contributed by atoms with van der Waals surface area (Å²) in [6.45, 7) is 2.44. The number of benzene rings is 2. The average molecular weight is 460 g/mol. The molecule has 1 aliphatic rings. The molecule has 0 bridgehead atoms. The minimum atomic E-state index is -4.90. The Kier molecular flexibility index (Phi) is 7.63. The predicted molar refractivity (Wildman–Crippen MR) is 105 cm³/mol. The van der Waals surface area contributed by atoms with Gasteiger partial charge in [0.15, 0.2) is 6.29 Å². The van der Waals surface area contributed by atoms with Gasteiger partial charge in [0.1, 0.15) is 0 Å². The van der Waals surface area contributed by atoms with E-state index in [0.717, 1.165) is 17.5 Å². The number of hydrogen-bond donors (Lipinski definition) is 0. The van der Waals surface area contributed by atoms with E-state index in [0.29, 0.717) is 30.9 Å². The molecule has 0 atom stereocenters. The molecule has 2 aromatic rings. The minimum Gasteiger partial charge on any atom is -0.372 e. The minimum absolute atomic E-state index is 0.0160. The summed E-state index contributed by atoms with van der Waals surface area (Å²) in [7, 11) is 0. The first-order valence-electron chi connectivity index (χ1n) is 9.93. The lowest BCUT2D eigenvalue weighted by Crippen LogP contribution is -2.19. The van der Waals surface area contributed by atoms with Crippen LogP contribution in [0.5, 0.6) is 0 Å².